The first kappa shape index (κ1) is 58.8. The molecule has 0 saturated carbocycles. The Bertz CT molecular complexity index is 1690. The Balaban J connectivity index is 1.89. The van der Waals surface area contributed by atoms with Gasteiger partial charge in [-0.2, -0.15) is 0 Å². The van der Waals surface area contributed by atoms with Gasteiger partial charge in [0.15, 0.2) is 12.1 Å². The van der Waals surface area contributed by atoms with E-state index in [1.165, 1.54) is 0 Å². The van der Waals surface area contributed by atoms with E-state index in [9.17, 15) is 60.7 Å². The molecule has 19 nitrogen and oxygen atoms in total. The van der Waals surface area contributed by atoms with Gasteiger partial charge in [-0.15, -0.1) is 0 Å². The normalized spacial score (nSPS) is 41.8. The summed E-state index contributed by atoms with van der Waals surface area (Å²) < 4.78 is 23.3. The number of amides is 1. The first-order valence-electron chi connectivity index (χ1n) is 23.7. The van der Waals surface area contributed by atoms with Crippen LogP contribution in [0.2, 0.25) is 0 Å². The molecule has 0 spiro atoms. The predicted molar refractivity (Wildman–Crippen MR) is 252 cm³/mol. The number of allylic oxidation sites excluding steroid dienone is 12. The van der Waals surface area contributed by atoms with Gasteiger partial charge in [0.1, 0.15) is 12.2 Å². The average molecular weight is 966 g/mol. The Morgan fingerprint density at radius 3 is 1.97 bits per heavy atom. The molecule has 3 aliphatic rings. The highest BCUT2D eigenvalue weighted by atomic mass is 16.7. The van der Waals surface area contributed by atoms with E-state index in [-0.39, 0.29) is 51.2 Å². The van der Waals surface area contributed by atoms with E-state index in [0.29, 0.717) is 13.0 Å². The second-order valence-electron chi connectivity index (χ2n) is 18.1. The molecular weight excluding hydrogens is 887 g/mol. The van der Waals surface area contributed by atoms with Gasteiger partial charge >= 0.3 is 5.97 Å². The van der Waals surface area contributed by atoms with Crippen LogP contribution in [-0.4, -0.2) is 181 Å². The van der Waals surface area contributed by atoms with Crippen molar-refractivity contribution < 1.29 is 79.6 Å². The fourth-order valence-electron chi connectivity index (χ4n) is 8.10. The highest BCUT2D eigenvalue weighted by Gasteiger charge is 2.50. The Hall–Kier alpha value is -3.48. The molecule has 68 heavy (non-hydrogen) atoms. The minimum Gasteiger partial charge on any atom is -0.462 e. The van der Waals surface area contributed by atoms with Crippen LogP contribution in [0.3, 0.4) is 0 Å². The average Bonchev–Trinajstić information content (AvgIpc) is 3.26. The molecule has 0 aromatic carbocycles. The standard InChI is InChI=1S/C49H79N3O16/c1-31-17-14-12-10-8-6-4-5-7-9-11-13-15-18-36(67-48-46(62)45(50)41(60)30-65-48)27-42-44(47(63)52-22-16-21-51-3)40(59)29-49(64,68-42)28-35(55)25-39(58)37(56)20-19-33(53)24-34(54)26-43(61)66-32(2)23-38(31)57/h4-15,17-18,31-42,44-46,48,51,53-60,62,64H,16,19-30,50H2,1-3H3,(H,52,63)/b5-4+,8-6+,9-7+,12-10+,13-11+,17-14+,18-15+/t31-,32-,33?,34?,35?,36-,37?,38-,39?,40-,41+,42-,44?,45-,46-,48-,49+/m0/s1. The molecule has 0 aliphatic carbocycles. The van der Waals surface area contributed by atoms with Gasteiger partial charge in [0, 0.05) is 44.6 Å². The Kier molecular flexibility index (Phi) is 26.8. The summed E-state index contributed by atoms with van der Waals surface area (Å²) in [6.07, 6.45) is 6.68. The smallest absolute Gasteiger partial charge is 0.308 e. The monoisotopic (exact) mass is 966 g/mol. The molecule has 6 unspecified atom stereocenters. The van der Waals surface area contributed by atoms with Gasteiger partial charge in [0.05, 0.1) is 86.0 Å². The number of carbonyl (C=O) groups excluding carboxylic acids is 2. The van der Waals surface area contributed by atoms with Crippen molar-refractivity contribution in [2.75, 3.05) is 26.7 Å². The van der Waals surface area contributed by atoms with Crippen molar-refractivity contribution in [2.45, 2.75) is 169 Å². The summed E-state index contributed by atoms with van der Waals surface area (Å²) in [5, 5.41) is 114. The van der Waals surface area contributed by atoms with Crippen molar-refractivity contribution in [1.82, 2.24) is 10.6 Å². The van der Waals surface area contributed by atoms with Crippen LogP contribution in [0.5, 0.6) is 0 Å². The molecule has 2 bridgehead atoms. The number of rotatable bonds is 7. The van der Waals surface area contributed by atoms with Crippen molar-refractivity contribution in [2.24, 2.45) is 17.6 Å². The van der Waals surface area contributed by atoms with Gasteiger partial charge in [0.25, 0.3) is 0 Å². The van der Waals surface area contributed by atoms with E-state index in [1.807, 2.05) is 43.4 Å². The molecule has 14 N–H and O–H groups in total. The number of aliphatic hydroxyl groups is 10. The lowest BCUT2D eigenvalue weighted by Gasteiger charge is -2.45. The SMILES string of the molecule is CNCCCNC(=O)C1[C@@H]2C[C@@H](O[C@@H]3OC[C@@H](O)[C@H](N)[C@@H]3O)/C=C/C=C/C=C/C=C/C=C/C=C/C=C/[C@H](C)[C@@H](O)C[C@H](C)OC(=O)CC(O)CC(O)CCC(O)C(O)CC(O)C[C@](O)(C[C@@H]1O)O2. The second-order valence-corrected chi connectivity index (χ2v) is 18.1. The molecule has 3 rings (SSSR count). The van der Waals surface area contributed by atoms with Gasteiger partial charge in [-0.25, -0.2) is 0 Å². The van der Waals surface area contributed by atoms with Crippen molar-refractivity contribution >= 4 is 11.9 Å². The Morgan fingerprint density at radius 2 is 1.34 bits per heavy atom. The fourth-order valence-corrected chi connectivity index (χ4v) is 8.10. The molecular formula is C49H79N3O16. The molecule has 3 heterocycles. The highest BCUT2D eigenvalue weighted by molar-refractivity contribution is 5.80. The van der Waals surface area contributed by atoms with Crippen LogP contribution in [-0.2, 0) is 28.5 Å². The third-order valence-electron chi connectivity index (χ3n) is 12.0. The van der Waals surface area contributed by atoms with Crippen molar-refractivity contribution in [3.63, 3.8) is 0 Å². The number of nitrogens with one attached hydrogen (secondary N) is 2. The number of esters is 1. The van der Waals surface area contributed by atoms with Gasteiger partial charge in [-0.1, -0.05) is 92.0 Å². The first-order valence-corrected chi connectivity index (χ1v) is 23.7. The van der Waals surface area contributed by atoms with Crippen LogP contribution in [0, 0.1) is 11.8 Å². The molecule has 0 radical (unpaired) electrons. The van der Waals surface area contributed by atoms with E-state index in [0.717, 1.165) is 0 Å². The lowest BCUT2D eigenvalue weighted by Crippen LogP contribution is -2.59. The molecule has 19 heteroatoms. The van der Waals surface area contributed by atoms with Gasteiger partial charge in [0.2, 0.25) is 5.91 Å². The fraction of sp³-hybridized carbons (Fsp3) is 0.673. The van der Waals surface area contributed by atoms with Gasteiger partial charge in [-0.3, -0.25) is 9.59 Å². The van der Waals surface area contributed by atoms with Crippen LogP contribution >= 0.6 is 0 Å². The lowest BCUT2D eigenvalue weighted by molar-refractivity contribution is -0.304. The number of ether oxygens (including phenoxy) is 4. The Labute approximate surface area is 400 Å². The summed E-state index contributed by atoms with van der Waals surface area (Å²) in [4.78, 5) is 26.2. The summed E-state index contributed by atoms with van der Waals surface area (Å²) in [6, 6.07) is -1.10. The van der Waals surface area contributed by atoms with Gasteiger partial charge < -0.3 is 86.4 Å². The molecule has 2 fully saturated rings. The van der Waals surface area contributed by atoms with Crippen molar-refractivity contribution in [3.05, 3.63) is 85.1 Å². The second kappa shape index (κ2) is 31.0. The minimum atomic E-state index is -2.25. The van der Waals surface area contributed by atoms with E-state index >= 15 is 0 Å². The lowest BCUT2D eigenvalue weighted by atomic mass is 9.82. The molecule has 17 atom stereocenters. The van der Waals surface area contributed by atoms with E-state index in [1.54, 1.807) is 62.6 Å². The maximum absolute atomic E-state index is 13.7. The maximum atomic E-state index is 13.7. The maximum Gasteiger partial charge on any atom is 0.308 e. The van der Waals surface area contributed by atoms with E-state index in [2.05, 4.69) is 10.6 Å². The largest absolute Gasteiger partial charge is 0.462 e. The van der Waals surface area contributed by atoms with Crippen molar-refractivity contribution in [1.29, 1.82) is 0 Å². The third-order valence-corrected chi connectivity index (χ3v) is 12.0. The van der Waals surface area contributed by atoms with Crippen molar-refractivity contribution in [3.8, 4) is 0 Å². The minimum absolute atomic E-state index is 0.0874. The molecule has 0 aromatic rings. The summed E-state index contributed by atoms with van der Waals surface area (Å²) in [5.41, 5.74) is 6.01. The van der Waals surface area contributed by atoms with Gasteiger partial charge in [-0.05, 0) is 46.2 Å². The molecule has 1 amide bonds. The number of hydrogen-bond donors (Lipinski definition) is 13. The zero-order chi connectivity index (χ0) is 50.2. The first-order chi connectivity index (χ1) is 32.3. The predicted octanol–water partition coefficient (Wildman–Crippen LogP) is -0.282. The van der Waals surface area contributed by atoms with Crippen LogP contribution < -0.4 is 16.4 Å². The third kappa shape index (κ3) is 21.7. The number of aliphatic hydroxyl groups excluding tert-OH is 9. The van der Waals surface area contributed by atoms with Crippen LogP contribution in [0.25, 0.3) is 0 Å². The number of fused-ring (bicyclic) bond motifs is 2. The topological polar surface area (TPSA) is 323 Å². The Morgan fingerprint density at radius 1 is 0.721 bits per heavy atom. The molecule has 2 saturated heterocycles. The zero-order valence-electron chi connectivity index (χ0n) is 39.5. The molecule has 3 aliphatic heterocycles. The van der Waals surface area contributed by atoms with Crippen LogP contribution in [0.15, 0.2) is 85.1 Å². The molecule has 386 valence electrons. The van der Waals surface area contributed by atoms with Crippen LogP contribution in [0.1, 0.15) is 78.1 Å². The quantitative estimate of drug-likeness (QED) is 0.115. The zero-order valence-corrected chi connectivity index (χ0v) is 39.5. The van der Waals surface area contributed by atoms with E-state index in [4.69, 9.17) is 24.7 Å². The summed E-state index contributed by atoms with van der Waals surface area (Å²) in [5.74, 6) is -5.04. The number of cyclic esters (lactones) is 1. The summed E-state index contributed by atoms with van der Waals surface area (Å²) in [6.45, 7) is 4.09. The number of nitrogens with two attached hydrogens (primary N) is 1. The number of carbonyl (C=O) groups is 2. The number of hydrogen-bond acceptors (Lipinski definition) is 18. The summed E-state index contributed by atoms with van der Waals surface area (Å²) in [7, 11) is 1.76. The highest BCUT2D eigenvalue weighted by Crippen LogP contribution is 2.38. The summed E-state index contributed by atoms with van der Waals surface area (Å²) >= 11 is 0. The van der Waals surface area contributed by atoms with E-state index < -0.39 is 135 Å². The molecule has 0 aromatic heterocycles. The van der Waals surface area contributed by atoms with Crippen LogP contribution in [0.4, 0.5) is 0 Å².